The molecule has 4 rings (SSSR count). The molecule has 0 unspecified atom stereocenters. The van der Waals surface area contributed by atoms with Gasteiger partial charge in [-0.05, 0) is 69.0 Å². The van der Waals surface area contributed by atoms with Crippen LogP contribution in [0.2, 0.25) is 0 Å². The first kappa shape index (κ1) is 16.3. The molecule has 0 aliphatic carbocycles. The van der Waals surface area contributed by atoms with Crippen molar-refractivity contribution in [3.05, 3.63) is 59.8 Å². The summed E-state index contributed by atoms with van der Waals surface area (Å²) in [5, 5.41) is 5.59. The monoisotopic (exact) mass is 337 g/mol. The summed E-state index contributed by atoms with van der Waals surface area (Å²) in [5.74, 6) is 1.84. The van der Waals surface area contributed by atoms with Crippen molar-refractivity contribution < 1.29 is 4.74 Å². The molecule has 0 radical (unpaired) electrons. The third-order valence-corrected chi connectivity index (χ3v) is 5.20. The van der Waals surface area contributed by atoms with Crippen LogP contribution in [0.1, 0.15) is 31.2 Å². The number of rotatable bonds is 6. The average Bonchev–Trinajstić information content (AvgIpc) is 3.10. The Balaban J connectivity index is 1.36. The molecule has 1 saturated heterocycles. The number of allylic oxidation sites excluding steroid dienone is 3. The van der Waals surface area contributed by atoms with E-state index in [1.807, 2.05) is 0 Å². The first-order valence-corrected chi connectivity index (χ1v) is 9.46. The van der Waals surface area contributed by atoms with Gasteiger partial charge in [-0.1, -0.05) is 24.3 Å². The zero-order chi connectivity index (χ0) is 16.9. The molecule has 0 spiro atoms. The van der Waals surface area contributed by atoms with Gasteiger partial charge >= 0.3 is 0 Å². The zero-order valence-corrected chi connectivity index (χ0v) is 14.7. The van der Waals surface area contributed by atoms with Crippen LogP contribution in [0.5, 0.6) is 5.75 Å². The maximum absolute atomic E-state index is 6.14. The van der Waals surface area contributed by atoms with Crippen molar-refractivity contribution in [2.75, 3.05) is 26.2 Å². The van der Waals surface area contributed by atoms with E-state index < -0.39 is 0 Å². The van der Waals surface area contributed by atoms with Crippen molar-refractivity contribution in [1.82, 2.24) is 15.8 Å². The SMILES string of the molecule is C1=CCN2NC(c3ccccc3OCCCC3CCNCC3)=CC2=C1. The number of piperidine rings is 1. The van der Waals surface area contributed by atoms with E-state index in [-0.39, 0.29) is 0 Å². The topological polar surface area (TPSA) is 36.5 Å². The molecule has 4 heteroatoms. The molecule has 0 bridgehead atoms. The molecule has 0 aromatic heterocycles. The van der Waals surface area contributed by atoms with Gasteiger partial charge in [0.15, 0.2) is 0 Å². The predicted octanol–water partition coefficient (Wildman–Crippen LogP) is 3.46. The number of para-hydroxylation sites is 1. The van der Waals surface area contributed by atoms with Crippen LogP contribution in [0.4, 0.5) is 0 Å². The van der Waals surface area contributed by atoms with Crippen molar-refractivity contribution in [1.29, 1.82) is 0 Å². The number of hydrogen-bond acceptors (Lipinski definition) is 4. The lowest BCUT2D eigenvalue weighted by Crippen LogP contribution is -2.31. The van der Waals surface area contributed by atoms with Crippen molar-refractivity contribution >= 4 is 5.70 Å². The average molecular weight is 337 g/mol. The molecule has 25 heavy (non-hydrogen) atoms. The highest BCUT2D eigenvalue weighted by Crippen LogP contribution is 2.30. The fourth-order valence-electron chi connectivity index (χ4n) is 3.77. The molecule has 132 valence electrons. The number of hydrazine groups is 1. The van der Waals surface area contributed by atoms with Gasteiger partial charge in [0.2, 0.25) is 0 Å². The van der Waals surface area contributed by atoms with E-state index in [2.05, 4.69) is 64.3 Å². The zero-order valence-electron chi connectivity index (χ0n) is 14.7. The summed E-state index contributed by atoms with van der Waals surface area (Å²) in [6.07, 6.45) is 13.6. The summed E-state index contributed by atoms with van der Waals surface area (Å²) in [6, 6.07) is 8.33. The normalized spacial score (nSPS) is 19.9. The maximum Gasteiger partial charge on any atom is 0.128 e. The van der Waals surface area contributed by atoms with E-state index in [4.69, 9.17) is 4.74 Å². The number of hydrogen-bond donors (Lipinski definition) is 2. The fourth-order valence-corrected chi connectivity index (χ4v) is 3.77. The van der Waals surface area contributed by atoms with Crippen LogP contribution in [0.25, 0.3) is 5.70 Å². The van der Waals surface area contributed by atoms with E-state index >= 15 is 0 Å². The molecule has 0 atom stereocenters. The summed E-state index contributed by atoms with van der Waals surface area (Å²) in [7, 11) is 0. The smallest absolute Gasteiger partial charge is 0.128 e. The van der Waals surface area contributed by atoms with Gasteiger partial charge in [-0.3, -0.25) is 10.4 Å². The lowest BCUT2D eigenvalue weighted by Gasteiger charge is -2.23. The van der Waals surface area contributed by atoms with Gasteiger partial charge in [-0.2, -0.15) is 0 Å². The third-order valence-electron chi connectivity index (χ3n) is 5.20. The molecule has 4 nitrogen and oxygen atoms in total. The second-order valence-corrected chi connectivity index (χ2v) is 6.98. The summed E-state index contributed by atoms with van der Waals surface area (Å²) < 4.78 is 6.14. The number of benzene rings is 1. The van der Waals surface area contributed by atoms with Crippen LogP contribution in [0.3, 0.4) is 0 Å². The Morgan fingerprint density at radius 2 is 2.04 bits per heavy atom. The third kappa shape index (κ3) is 3.90. The first-order valence-electron chi connectivity index (χ1n) is 9.46. The van der Waals surface area contributed by atoms with Crippen LogP contribution >= 0.6 is 0 Å². The number of fused-ring (bicyclic) bond motifs is 1. The summed E-state index contributed by atoms with van der Waals surface area (Å²) >= 11 is 0. The van der Waals surface area contributed by atoms with Crippen molar-refractivity contribution in [3.8, 4) is 5.75 Å². The molecule has 1 fully saturated rings. The van der Waals surface area contributed by atoms with E-state index in [1.165, 1.54) is 38.0 Å². The Labute approximate surface area is 150 Å². The van der Waals surface area contributed by atoms with Gasteiger partial charge in [0.1, 0.15) is 5.75 Å². The van der Waals surface area contributed by atoms with Gasteiger partial charge in [0, 0.05) is 5.56 Å². The number of ether oxygens (including phenoxy) is 1. The minimum atomic E-state index is 0.794. The fraction of sp³-hybridized carbons (Fsp3) is 0.429. The van der Waals surface area contributed by atoms with Crippen molar-refractivity contribution in [2.45, 2.75) is 25.7 Å². The quantitative estimate of drug-likeness (QED) is 0.780. The van der Waals surface area contributed by atoms with Crippen molar-refractivity contribution in [3.63, 3.8) is 0 Å². The van der Waals surface area contributed by atoms with Crippen LogP contribution in [-0.2, 0) is 0 Å². The highest BCUT2D eigenvalue weighted by Gasteiger charge is 2.21. The Kier molecular flexibility index (Phi) is 5.07. The van der Waals surface area contributed by atoms with Gasteiger partial charge in [-0.25, -0.2) is 0 Å². The molecular weight excluding hydrogens is 310 g/mol. The Morgan fingerprint density at radius 1 is 1.16 bits per heavy atom. The second-order valence-electron chi connectivity index (χ2n) is 6.98. The van der Waals surface area contributed by atoms with Crippen LogP contribution in [0, 0.1) is 5.92 Å². The number of nitrogens with one attached hydrogen (secondary N) is 2. The Hall–Kier alpha value is -2.20. The van der Waals surface area contributed by atoms with Gasteiger partial charge < -0.3 is 10.1 Å². The highest BCUT2D eigenvalue weighted by atomic mass is 16.5. The van der Waals surface area contributed by atoms with E-state index in [0.29, 0.717) is 0 Å². The molecule has 1 aromatic carbocycles. The lowest BCUT2D eigenvalue weighted by molar-refractivity contribution is 0.273. The predicted molar refractivity (Wildman–Crippen MR) is 102 cm³/mol. The van der Waals surface area contributed by atoms with Crippen LogP contribution in [0.15, 0.2) is 54.3 Å². The molecule has 1 aromatic rings. The van der Waals surface area contributed by atoms with Crippen molar-refractivity contribution in [2.24, 2.45) is 5.92 Å². The first-order chi connectivity index (χ1) is 12.4. The number of nitrogens with zero attached hydrogens (tertiary/aromatic N) is 1. The highest BCUT2D eigenvalue weighted by molar-refractivity contribution is 5.73. The van der Waals surface area contributed by atoms with Gasteiger partial charge in [0.25, 0.3) is 0 Å². The van der Waals surface area contributed by atoms with E-state index in [0.717, 1.165) is 42.5 Å². The summed E-state index contributed by atoms with van der Waals surface area (Å²) in [5.41, 5.74) is 6.94. The molecule has 0 amide bonds. The van der Waals surface area contributed by atoms with E-state index in [1.54, 1.807) is 0 Å². The molecule has 3 aliphatic rings. The molecule has 2 N–H and O–H groups in total. The molecule has 0 saturated carbocycles. The minimum absolute atomic E-state index is 0.794. The van der Waals surface area contributed by atoms with E-state index in [9.17, 15) is 0 Å². The van der Waals surface area contributed by atoms with Crippen LogP contribution < -0.4 is 15.5 Å². The minimum Gasteiger partial charge on any atom is -0.493 e. The van der Waals surface area contributed by atoms with Gasteiger partial charge in [0.05, 0.1) is 24.5 Å². The largest absolute Gasteiger partial charge is 0.493 e. The molecule has 3 heterocycles. The van der Waals surface area contributed by atoms with Gasteiger partial charge in [-0.15, -0.1) is 0 Å². The Morgan fingerprint density at radius 3 is 2.92 bits per heavy atom. The summed E-state index contributed by atoms with van der Waals surface area (Å²) in [4.78, 5) is 0. The summed E-state index contributed by atoms with van der Waals surface area (Å²) in [6.45, 7) is 4.04. The lowest BCUT2D eigenvalue weighted by atomic mass is 9.93. The standard InChI is InChI=1S/C21H27N3O/c1-2-9-21(25-15-5-6-17-10-12-22-13-11-17)19(8-1)20-16-18-7-3-4-14-24(18)23-20/h1-4,7-9,16-17,22-23H,5-6,10-15H2. The van der Waals surface area contributed by atoms with Crippen LogP contribution in [-0.4, -0.2) is 31.3 Å². The molecule has 3 aliphatic heterocycles. The Bertz CT molecular complexity index is 686. The molecular formula is C21H27N3O. The second kappa shape index (κ2) is 7.79. The maximum atomic E-state index is 6.14.